The van der Waals surface area contributed by atoms with Gasteiger partial charge in [0.2, 0.25) is 0 Å². The molecule has 2 nitrogen and oxygen atoms in total. The Bertz CT molecular complexity index is 391. The highest BCUT2D eigenvalue weighted by molar-refractivity contribution is 8.00. The van der Waals surface area contributed by atoms with Gasteiger partial charge in [-0.2, -0.15) is 13.2 Å². The Morgan fingerprint density at radius 2 is 2.00 bits per heavy atom. The van der Waals surface area contributed by atoms with Crippen LogP contribution in [-0.2, 0) is 16.0 Å². The van der Waals surface area contributed by atoms with E-state index >= 15 is 0 Å². The molecule has 0 aliphatic carbocycles. The third kappa shape index (κ3) is 5.12. The molecule has 17 heavy (non-hydrogen) atoms. The smallest absolute Gasteiger partial charge is 0.446 e. The number of hydrogen-bond acceptors (Lipinski definition) is 3. The fraction of sp³-hybridized carbons (Fsp3) is 0.364. The summed E-state index contributed by atoms with van der Waals surface area (Å²) in [4.78, 5) is 11.3. The Morgan fingerprint density at radius 3 is 2.59 bits per heavy atom. The molecule has 94 valence electrons. The lowest BCUT2D eigenvalue weighted by molar-refractivity contribution is -0.142. The molecule has 0 fully saturated rings. The number of carbonyl (C=O) groups excluding carboxylic acids is 1. The summed E-state index contributed by atoms with van der Waals surface area (Å²) in [6, 6.07) is 5.93. The predicted molar refractivity (Wildman–Crippen MR) is 58.7 cm³/mol. The van der Waals surface area contributed by atoms with Crippen molar-refractivity contribution < 1.29 is 22.7 Å². The Balaban J connectivity index is 2.81. The van der Waals surface area contributed by atoms with Crippen LogP contribution in [-0.4, -0.2) is 18.1 Å². The fourth-order valence-electron chi connectivity index (χ4n) is 1.24. The summed E-state index contributed by atoms with van der Waals surface area (Å²) in [5.41, 5.74) is -4.03. The molecule has 0 unspecified atom stereocenters. The van der Waals surface area contributed by atoms with Crippen LogP contribution in [0.1, 0.15) is 12.5 Å². The highest BCUT2D eigenvalue weighted by Crippen LogP contribution is 2.38. The Morgan fingerprint density at radius 1 is 1.35 bits per heavy atom. The van der Waals surface area contributed by atoms with Crippen LogP contribution in [0.15, 0.2) is 29.2 Å². The molecule has 1 rings (SSSR count). The van der Waals surface area contributed by atoms with E-state index in [4.69, 9.17) is 4.74 Å². The van der Waals surface area contributed by atoms with Gasteiger partial charge in [0.15, 0.2) is 0 Å². The van der Waals surface area contributed by atoms with Crippen molar-refractivity contribution in [1.29, 1.82) is 0 Å². The number of esters is 1. The van der Waals surface area contributed by atoms with E-state index in [9.17, 15) is 18.0 Å². The summed E-state index contributed by atoms with van der Waals surface area (Å²) in [6.07, 6.45) is -0.146. The third-order valence-corrected chi connectivity index (χ3v) is 2.69. The predicted octanol–water partition coefficient (Wildman–Crippen LogP) is 3.40. The van der Waals surface area contributed by atoms with E-state index in [1.54, 1.807) is 13.0 Å². The summed E-state index contributed by atoms with van der Waals surface area (Å²) in [6.45, 7) is 1.86. The van der Waals surface area contributed by atoms with E-state index in [0.717, 1.165) is 0 Å². The van der Waals surface area contributed by atoms with Gasteiger partial charge in [-0.3, -0.25) is 4.79 Å². The van der Waals surface area contributed by atoms with Crippen molar-refractivity contribution in [3.63, 3.8) is 0 Å². The third-order valence-electron chi connectivity index (χ3n) is 1.84. The van der Waals surface area contributed by atoms with Crippen LogP contribution in [0.25, 0.3) is 0 Å². The van der Waals surface area contributed by atoms with E-state index < -0.39 is 11.5 Å². The van der Waals surface area contributed by atoms with Crippen molar-refractivity contribution in [3.05, 3.63) is 29.8 Å². The molecule has 0 N–H and O–H groups in total. The molecule has 0 aliphatic rings. The lowest BCUT2D eigenvalue weighted by Gasteiger charge is -2.10. The molecule has 0 radical (unpaired) electrons. The fourth-order valence-corrected chi connectivity index (χ4v) is 1.91. The maximum atomic E-state index is 12.3. The van der Waals surface area contributed by atoms with Gasteiger partial charge < -0.3 is 4.74 Å². The second-order valence-corrected chi connectivity index (χ2v) is 4.24. The summed E-state index contributed by atoms with van der Waals surface area (Å²) >= 11 is -0.220. The van der Waals surface area contributed by atoms with Crippen molar-refractivity contribution in [2.45, 2.75) is 23.7 Å². The topological polar surface area (TPSA) is 26.3 Å². The van der Waals surface area contributed by atoms with Gasteiger partial charge in [-0.25, -0.2) is 0 Å². The minimum atomic E-state index is -4.36. The highest BCUT2D eigenvalue weighted by Gasteiger charge is 2.30. The lowest BCUT2D eigenvalue weighted by Crippen LogP contribution is -2.09. The number of rotatable bonds is 4. The zero-order valence-corrected chi connectivity index (χ0v) is 9.90. The van der Waals surface area contributed by atoms with Crippen LogP contribution in [0.3, 0.4) is 0 Å². The van der Waals surface area contributed by atoms with Crippen LogP contribution in [0.5, 0.6) is 0 Å². The van der Waals surface area contributed by atoms with Crippen molar-refractivity contribution in [3.8, 4) is 0 Å². The average Bonchev–Trinajstić information content (AvgIpc) is 2.19. The van der Waals surface area contributed by atoms with Crippen LogP contribution in [0.2, 0.25) is 0 Å². The molecule has 0 atom stereocenters. The quantitative estimate of drug-likeness (QED) is 0.616. The first-order chi connectivity index (χ1) is 7.92. The molecule has 0 saturated heterocycles. The number of alkyl halides is 3. The summed E-state index contributed by atoms with van der Waals surface area (Å²) in [7, 11) is 0. The molecule has 0 heterocycles. The number of hydrogen-bond donors (Lipinski definition) is 0. The molecule has 0 amide bonds. The Kier molecular flexibility index (Phi) is 4.86. The van der Waals surface area contributed by atoms with E-state index in [-0.39, 0.29) is 29.7 Å². The van der Waals surface area contributed by atoms with Gasteiger partial charge >= 0.3 is 11.5 Å². The zero-order valence-electron chi connectivity index (χ0n) is 9.08. The van der Waals surface area contributed by atoms with Crippen LogP contribution in [0, 0.1) is 0 Å². The number of benzene rings is 1. The molecular formula is C11H11F3O2S. The largest absolute Gasteiger partial charge is 0.466 e. The molecule has 1 aromatic rings. The van der Waals surface area contributed by atoms with E-state index in [1.165, 1.54) is 18.2 Å². The Labute approximate surface area is 101 Å². The molecular weight excluding hydrogens is 253 g/mol. The molecule has 0 aliphatic heterocycles. The lowest BCUT2D eigenvalue weighted by atomic mass is 10.1. The highest BCUT2D eigenvalue weighted by atomic mass is 32.2. The zero-order chi connectivity index (χ0) is 12.9. The van der Waals surface area contributed by atoms with E-state index in [2.05, 4.69) is 0 Å². The van der Waals surface area contributed by atoms with Crippen molar-refractivity contribution in [2.75, 3.05) is 6.61 Å². The monoisotopic (exact) mass is 264 g/mol. The Hall–Kier alpha value is -1.17. The van der Waals surface area contributed by atoms with Crippen LogP contribution in [0.4, 0.5) is 13.2 Å². The molecule has 6 heteroatoms. The second kappa shape index (κ2) is 5.95. The van der Waals surface area contributed by atoms with Crippen molar-refractivity contribution >= 4 is 17.7 Å². The normalized spacial score (nSPS) is 11.3. The molecule has 0 spiro atoms. The van der Waals surface area contributed by atoms with E-state index in [1.807, 2.05) is 0 Å². The maximum Gasteiger partial charge on any atom is 0.446 e. The van der Waals surface area contributed by atoms with Gasteiger partial charge in [0.25, 0.3) is 0 Å². The van der Waals surface area contributed by atoms with Gasteiger partial charge in [0.05, 0.1) is 13.0 Å². The van der Waals surface area contributed by atoms with Gasteiger partial charge in [0, 0.05) is 4.90 Å². The minimum absolute atomic E-state index is 0.0352. The van der Waals surface area contributed by atoms with Crippen molar-refractivity contribution in [2.24, 2.45) is 0 Å². The van der Waals surface area contributed by atoms with Gasteiger partial charge in [-0.1, -0.05) is 18.2 Å². The van der Waals surface area contributed by atoms with Gasteiger partial charge in [-0.05, 0) is 30.3 Å². The number of thioether (sulfide) groups is 1. The number of ether oxygens (including phenoxy) is 1. The van der Waals surface area contributed by atoms with Crippen LogP contribution < -0.4 is 0 Å². The first-order valence-electron chi connectivity index (χ1n) is 4.91. The maximum absolute atomic E-state index is 12.3. The van der Waals surface area contributed by atoms with Gasteiger partial charge in [-0.15, -0.1) is 0 Å². The summed E-state index contributed by atoms with van der Waals surface area (Å²) in [5.74, 6) is -0.525. The van der Waals surface area contributed by atoms with Crippen LogP contribution >= 0.6 is 11.8 Å². The standard InChI is InChI=1S/C11H11F3O2S/c1-2-16-10(15)7-8-5-3-4-6-9(8)17-11(12,13)14/h3-6H,2,7H2,1H3. The van der Waals surface area contributed by atoms with Crippen molar-refractivity contribution in [1.82, 2.24) is 0 Å². The second-order valence-electron chi connectivity index (χ2n) is 3.14. The number of carbonyl (C=O) groups is 1. The minimum Gasteiger partial charge on any atom is -0.466 e. The van der Waals surface area contributed by atoms with Gasteiger partial charge in [0.1, 0.15) is 0 Å². The first-order valence-corrected chi connectivity index (χ1v) is 5.73. The summed E-state index contributed by atoms with van der Waals surface area (Å²) in [5, 5.41) is 0. The SMILES string of the molecule is CCOC(=O)Cc1ccccc1SC(F)(F)F. The first kappa shape index (κ1) is 13.9. The molecule has 0 aromatic heterocycles. The summed E-state index contributed by atoms with van der Waals surface area (Å²) < 4.78 is 41.5. The number of halogens is 3. The molecule has 0 saturated carbocycles. The molecule has 1 aromatic carbocycles. The van der Waals surface area contributed by atoms with E-state index in [0.29, 0.717) is 5.56 Å². The average molecular weight is 264 g/mol. The molecule has 0 bridgehead atoms.